The quantitative estimate of drug-likeness (QED) is 0.362. The number of hydrogen-bond donors (Lipinski definition) is 2. The van der Waals surface area contributed by atoms with Crippen molar-refractivity contribution in [3.8, 4) is 0 Å². The molecule has 1 rings (SSSR count). The van der Waals surface area contributed by atoms with Gasteiger partial charge in [0.1, 0.15) is 0 Å². The Hall–Kier alpha value is -1.60. The third-order valence-electron chi connectivity index (χ3n) is 2.40. The summed E-state index contributed by atoms with van der Waals surface area (Å²) in [5.74, 6) is 4.57. The number of halogens is 3. The lowest BCUT2D eigenvalue weighted by Crippen LogP contribution is -2.30. The Bertz CT molecular complexity index is 422. The Labute approximate surface area is 108 Å². The molecule has 1 amide bonds. The molecule has 3 N–H and O–H groups in total. The van der Waals surface area contributed by atoms with Gasteiger partial charge in [0.15, 0.2) is 0 Å². The summed E-state index contributed by atoms with van der Waals surface area (Å²) in [5.41, 5.74) is 2.93. The van der Waals surface area contributed by atoms with Gasteiger partial charge in [-0.3, -0.25) is 10.2 Å². The second kappa shape index (κ2) is 7.10. The molecule has 0 heterocycles. The van der Waals surface area contributed by atoms with Crippen molar-refractivity contribution in [3.63, 3.8) is 0 Å². The van der Waals surface area contributed by atoms with Crippen molar-refractivity contribution in [1.82, 2.24) is 5.43 Å². The number of alkyl halides is 3. The van der Waals surface area contributed by atoms with E-state index in [4.69, 9.17) is 10.6 Å². The van der Waals surface area contributed by atoms with Crippen molar-refractivity contribution in [2.75, 3.05) is 6.61 Å². The second-order valence-electron chi connectivity index (χ2n) is 3.90. The standard InChI is InChI=1S/C12H15F3N2O2/c13-12(14,15)6-3-7-19-8-9-4-1-2-5-10(9)11(18)17-16/h1-2,4-5H,3,6-8,16H2,(H,17,18). The molecule has 0 aliphatic carbocycles. The van der Waals surface area contributed by atoms with E-state index in [1.165, 1.54) is 0 Å². The molecule has 0 aliphatic heterocycles. The molecule has 4 nitrogen and oxygen atoms in total. The number of hydrazine groups is 1. The van der Waals surface area contributed by atoms with Crippen LogP contribution in [-0.4, -0.2) is 18.7 Å². The smallest absolute Gasteiger partial charge is 0.377 e. The monoisotopic (exact) mass is 276 g/mol. The fourth-order valence-electron chi connectivity index (χ4n) is 1.50. The van der Waals surface area contributed by atoms with Gasteiger partial charge in [-0.05, 0) is 18.1 Å². The van der Waals surface area contributed by atoms with Crippen LogP contribution in [-0.2, 0) is 11.3 Å². The number of hydrogen-bond acceptors (Lipinski definition) is 3. The van der Waals surface area contributed by atoms with Crippen molar-refractivity contribution in [3.05, 3.63) is 35.4 Å². The summed E-state index contributed by atoms with van der Waals surface area (Å²) in [6, 6.07) is 6.60. The van der Waals surface area contributed by atoms with E-state index in [1.54, 1.807) is 24.3 Å². The number of nitrogen functional groups attached to an aromatic ring is 1. The summed E-state index contributed by atoms with van der Waals surface area (Å²) in [7, 11) is 0. The molecule has 0 radical (unpaired) electrons. The fourth-order valence-corrected chi connectivity index (χ4v) is 1.50. The maximum Gasteiger partial charge on any atom is 0.389 e. The maximum atomic E-state index is 11.9. The summed E-state index contributed by atoms with van der Waals surface area (Å²) in [4.78, 5) is 11.4. The van der Waals surface area contributed by atoms with E-state index in [0.717, 1.165) is 0 Å². The number of carbonyl (C=O) groups is 1. The summed E-state index contributed by atoms with van der Waals surface area (Å²) in [6.07, 6.45) is -5.15. The molecule has 0 saturated heterocycles. The minimum absolute atomic E-state index is 0.0158. The largest absolute Gasteiger partial charge is 0.389 e. The van der Waals surface area contributed by atoms with Gasteiger partial charge in [-0.2, -0.15) is 13.2 Å². The Morgan fingerprint density at radius 2 is 2.00 bits per heavy atom. The van der Waals surface area contributed by atoms with Crippen molar-refractivity contribution < 1.29 is 22.7 Å². The normalized spacial score (nSPS) is 11.4. The summed E-state index contributed by atoms with van der Waals surface area (Å²) < 4.78 is 40.8. The van der Waals surface area contributed by atoms with Gasteiger partial charge >= 0.3 is 6.18 Å². The molecular weight excluding hydrogens is 261 g/mol. The van der Waals surface area contributed by atoms with E-state index < -0.39 is 18.5 Å². The molecule has 106 valence electrons. The maximum absolute atomic E-state index is 11.9. The molecule has 0 aliphatic rings. The van der Waals surface area contributed by atoms with Crippen LogP contribution in [0, 0.1) is 0 Å². The van der Waals surface area contributed by atoms with Crippen molar-refractivity contribution in [2.24, 2.45) is 5.84 Å². The van der Waals surface area contributed by atoms with E-state index in [1.807, 2.05) is 5.43 Å². The zero-order valence-corrected chi connectivity index (χ0v) is 10.2. The van der Waals surface area contributed by atoms with Gasteiger partial charge in [0.25, 0.3) is 5.91 Å². The Kier molecular flexibility index (Phi) is 5.78. The average molecular weight is 276 g/mol. The molecule has 0 fully saturated rings. The number of carbonyl (C=O) groups excluding carboxylic acids is 1. The van der Waals surface area contributed by atoms with Crippen LogP contribution >= 0.6 is 0 Å². The van der Waals surface area contributed by atoms with Crippen LogP contribution in [0.1, 0.15) is 28.8 Å². The van der Waals surface area contributed by atoms with E-state index in [0.29, 0.717) is 11.1 Å². The van der Waals surface area contributed by atoms with E-state index in [9.17, 15) is 18.0 Å². The van der Waals surface area contributed by atoms with Gasteiger partial charge in [0, 0.05) is 18.6 Å². The average Bonchev–Trinajstić information content (AvgIpc) is 2.36. The van der Waals surface area contributed by atoms with E-state index in [-0.39, 0.29) is 19.6 Å². The van der Waals surface area contributed by atoms with Crippen LogP contribution in [0.2, 0.25) is 0 Å². The predicted molar refractivity (Wildman–Crippen MR) is 63.0 cm³/mol. The van der Waals surface area contributed by atoms with Crippen LogP contribution in [0.4, 0.5) is 13.2 Å². The third kappa shape index (κ3) is 5.71. The fraction of sp³-hybridized carbons (Fsp3) is 0.417. The number of ether oxygens (including phenoxy) is 1. The van der Waals surface area contributed by atoms with Gasteiger partial charge < -0.3 is 4.74 Å². The highest BCUT2D eigenvalue weighted by molar-refractivity contribution is 5.95. The molecule has 1 aromatic carbocycles. The summed E-state index contributed by atoms with van der Waals surface area (Å²) in [5, 5.41) is 0. The first-order valence-corrected chi connectivity index (χ1v) is 5.67. The zero-order valence-electron chi connectivity index (χ0n) is 10.2. The lowest BCUT2D eigenvalue weighted by Gasteiger charge is -2.09. The van der Waals surface area contributed by atoms with Crippen LogP contribution < -0.4 is 11.3 Å². The highest BCUT2D eigenvalue weighted by atomic mass is 19.4. The molecule has 0 aromatic heterocycles. The van der Waals surface area contributed by atoms with Gasteiger partial charge in [-0.1, -0.05) is 18.2 Å². The van der Waals surface area contributed by atoms with Crippen molar-refractivity contribution in [2.45, 2.75) is 25.6 Å². The zero-order chi connectivity index (χ0) is 14.3. The van der Waals surface area contributed by atoms with Crippen molar-refractivity contribution >= 4 is 5.91 Å². The number of rotatable bonds is 6. The highest BCUT2D eigenvalue weighted by Gasteiger charge is 2.25. The molecule has 0 atom stereocenters. The molecule has 0 unspecified atom stereocenters. The Morgan fingerprint density at radius 1 is 1.32 bits per heavy atom. The number of nitrogens with one attached hydrogen (secondary N) is 1. The first-order valence-electron chi connectivity index (χ1n) is 5.67. The van der Waals surface area contributed by atoms with E-state index in [2.05, 4.69) is 0 Å². The van der Waals surface area contributed by atoms with Crippen molar-refractivity contribution in [1.29, 1.82) is 0 Å². The van der Waals surface area contributed by atoms with Crippen LogP contribution in [0.3, 0.4) is 0 Å². The first-order chi connectivity index (χ1) is 8.94. The summed E-state index contributed by atoms with van der Waals surface area (Å²) in [6.45, 7) is 0.0551. The summed E-state index contributed by atoms with van der Waals surface area (Å²) >= 11 is 0. The number of amides is 1. The SMILES string of the molecule is NNC(=O)c1ccccc1COCCCC(F)(F)F. The van der Waals surface area contributed by atoms with Gasteiger partial charge in [-0.25, -0.2) is 5.84 Å². The molecule has 1 aromatic rings. The lowest BCUT2D eigenvalue weighted by molar-refractivity contribution is -0.138. The predicted octanol–water partition coefficient (Wildman–Crippen LogP) is 2.15. The Morgan fingerprint density at radius 3 is 2.63 bits per heavy atom. The number of nitrogens with two attached hydrogens (primary N) is 1. The van der Waals surface area contributed by atoms with E-state index >= 15 is 0 Å². The number of benzene rings is 1. The van der Waals surface area contributed by atoms with Crippen LogP contribution in [0.25, 0.3) is 0 Å². The minimum Gasteiger partial charge on any atom is -0.377 e. The molecule has 19 heavy (non-hydrogen) atoms. The van der Waals surface area contributed by atoms with Gasteiger partial charge in [0.2, 0.25) is 0 Å². The minimum atomic E-state index is -4.17. The molecule has 0 saturated carbocycles. The highest BCUT2D eigenvalue weighted by Crippen LogP contribution is 2.21. The Balaban J connectivity index is 2.43. The van der Waals surface area contributed by atoms with Gasteiger partial charge in [-0.15, -0.1) is 0 Å². The molecule has 7 heteroatoms. The topological polar surface area (TPSA) is 64.3 Å². The molecule has 0 bridgehead atoms. The second-order valence-corrected chi connectivity index (χ2v) is 3.90. The van der Waals surface area contributed by atoms with Gasteiger partial charge in [0.05, 0.1) is 6.61 Å². The van der Waals surface area contributed by atoms with Crippen LogP contribution in [0.15, 0.2) is 24.3 Å². The molecule has 0 spiro atoms. The lowest BCUT2D eigenvalue weighted by atomic mass is 10.1. The first kappa shape index (κ1) is 15.5. The van der Waals surface area contributed by atoms with Crippen LogP contribution in [0.5, 0.6) is 0 Å². The molecular formula is C12H15F3N2O2. The third-order valence-corrected chi connectivity index (χ3v) is 2.40.